The SMILES string of the molecule is CC(C)OC(=O)C(CCn1cnc2cnc(N)nc21)C(=O)OC(C)C. The number of carbonyl (C=O) groups excluding carboxylic acids is 2. The number of carbonyl (C=O) groups is 2. The Morgan fingerprint density at radius 3 is 2.28 bits per heavy atom. The van der Waals surface area contributed by atoms with Gasteiger partial charge in [0.05, 0.1) is 24.7 Å². The van der Waals surface area contributed by atoms with Gasteiger partial charge in [-0.05, 0) is 34.1 Å². The van der Waals surface area contributed by atoms with E-state index in [1.165, 1.54) is 6.20 Å². The molecule has 0 atom stereocenters. The number of nitrogen functional groups attached to an aromatic ring is 1. The molecule has 0 radical (unpaired) electrons. The highest BCUT2D eigenvalue weighted by Gasteiger charge is 2.31. The molecular weight excluding hydrogens is 326 g/mol. The van der Waals surface area contributed by atoms with E-state index in [4.69, 9.17) is 15.2 Å². The van der Waals surface area contributed by atoms with Gasteiger partial charge in [0.1, 0.15) is 5.52 Å². The molecule has 2 heterocycles. The number of imidazole rings is 1. The van der Waals surface area contributed by atoms with Crippen molar-refractivity contribution in [1.82, 2.24) is 19.5 Å². The molecule has 2 rings (SSSR count). The molecule has 9 heteroatoms. The first-order valence-electron chi connectivity index (χ1n) is 8.12. The van der Waals surface area contributed by atoms with Crippen LogP contribution in [0, 0.1) is 5.92 Å². The zero-order chi connectivity index (χ0) is 18.6. The zero-order valence-corrected chi connectivity index (χ0v) is 14.8. The van der Waals surface area contributed by atoms with Crippen molar-refractivity contribution in [2.24, 2.45) is 5.92 Å². The van der Waals surface area contributed by atoms with Crippen LogP contribution in [0.5, 0.6) is 0 Å². The summed E-state index contributed by atoms with van der Waals surface area (Å²) in [4.78, 5) is 36.7. The smallest absolute Gasteiger partial charge is 0.320 e. The molecule has 0 saturated carbocycles. The number of aryl methyl sites for hydroxylation is 1. The van der Waals surface area contributed by atoms with Crippen molar-refractivity contribution in [2.75, 3.05) is 5.73 Å². The summed E-state index contributed by atoms with van der Waals surface area (Å²) in [5, 5.41) is 0. The summed E-state index contributed by atoms with van der Waals surface area (Å²) < 4.78 is 12.1. The molecule has 2 aromatic heterocycles. The second-order valence-electron chi connectivity index (χ2n) is 6.19. The standard InChI is InChI=1S/C16H23N5O4/c1-9(2)24-14(22)11(15(23)25-10(3)4)5-6-21-8-19-12-7-18-16(17)20-13(12)21/h7-11H,5-6H2,1-4H3,(H2,17,18,20). The average Bonchev–Trinajstić information content (AvgIpc) is 2.88. The van der Waals surface area contributed by atoms with Crippen LogP contribution >= 0.6 is 0 Å². The fourth-order valence-corrected chi connectivity index (χ4v) is 2.26. The second-order valence-corrected chi connectivity index (χ2v) is 6.19. The normalized spacial score (nSPS) is 11.5. The van der Waals surface area contributed by atoms with Gasteiger partial charge in [-0.25, -0.2) is 9.97 Å². The van der Waals surface area contributed by atoms with E-state index in [1.54, 1.807) is 38.6 Å². The van der Waals surface area contributed by atoms with Crippen LogP contribution in [0.15, 0.2) is 12.5 Å². The molecule has 0 aliphatic rings. The van der Waals surface area contributed by atoms with E-state index in [0.29, 0.717) is 17.7 Å². The Kier molecular flexibility index (Phi) is 5.89. The maximum Gasteiger partial charge on any atom is 0.320 e. The van der Waals surface area contributed by atoms with Crippen LogP contribution in [-0.2, 0) is 25.6 Å². The van der Waals surface area contributed by atoms with Gasteiger partial charge in [0.25, 0.3) is 0 Å². The summed E-state index contributed by atoms with van der Waals surface area (Å²) in [5.74, 6) is -2.08. The third-order valence-corrected chi connectivity index (χ3v) is 3.31. The number of anilines is 1. The van der Waals surface area contributed by atoms with E-state index in [0.717, 1.165) is 0 Å². The van der Waals surface area contributed by atoms with E-state index >= 15 is 0 Å². The lowest BCUT2D eigenvalue weighted by molar-refractivity contribution is -0.166. The highest BCUT2D eigenvalue weighted by Crippen LogP contribution is 2.16. The molecule has 2 aromatic rings. The van der Waals surface area contributed by atoms with Crippen molar-refractivity contribution in [3.63, 3.8) is 0 Å². The number of rotatable bonds is 7. The fraction of sp³-hybridized carbons (Fsp3) is 0.562. The van der Waals surface area contributed by atoms with Gasteiger partial charge in [-0.3, -0.25) is 9.59 Å². The average molecular weight is 349 g/mol. The number of esters is 2. The molecule has 9 nitrogen and oxygen atoms in total. The first-order chi connectivity index (χ1) is 11.8. The summed E-state index contributed by atoms with van der Waals surface area (Å²) in [6.07, 6.45) is 2.65. The van der Waals surface area contributed by atoms with Gasteiger partial charge in [0.2, 0.25) is 5.95 Å². The van der Waals surface area contributed by atoms with Gasteiger partial charge in [0, 0.05) is 6.54 Å². The van der Waals surface area contributed by atoms with Crippen molar-refractivity contribution in [1.29, 1.82) is 0 Å². The maximum absolute atomic E-state index is 12.3. The van der Waals surface area contributed by atoms with E-state index in [-0.39, 0.29) is 24.6 Å². The molecule has 136 valence electrons. The molecule has 0 unspecified atom stereocenters. The van der Waals surface area contributed by atoms with E-state index < -0.39 is 17.9 Å². The summed E-state index contributed by atoms with van der Waals surface area (Å²) in [6.45, 7) is 7.24. The molecular formula is C16H23N5O4. The number of hydrogen-bond donors (Lipinski definition) is 1. The topological polar surface area (TPSA) is 122 Å². The van der Waals surface area contributed by atoms with Gasteiger partial charge in [0.15, 0.2) is 11.6 Å². The Balaban J connectivity index is 2.16. The molecule has 0 amide bonds. The fourth-order valence-electron chi connectivity index (χ4n) is 2.26. The van der Waals surface area contributed by atoms with Crippen molar-refractivity contribution in [3.05, 3.63) is 12.5 Å². The largest absolute Gasteiger partial charge is 0.462 e. The van der Waals surface area contributed by atoms with Crippen molar-refractivity contribution in [2.45, 2.75) is 52.9 Å². The van der Waals surface area contributed by atoms with Gasteiger partial charge < -0.3 is 19.8 Å². The number of ether oxygens (including phenoxy) is 2. The second kappa shape index (κ2) is 7.91. The minimum atomic E-state index is -1.01. The van der Waals surface area contributed by atoms with Gasteiger partial charge in [-0.15, -0.1) is 0 Å². The monoisotopic (exact) mass is 349 g/mol. The Bertz CT molecular complexity index is 734. The van der Waals surface area contributed by atoms with Crippen LogP contribution in [0.1, 0.15) is 34.1 Å². The first kappa shape index (κ1) is 18.6. The maximum atomic E-state index is 12.3. The predicted molar refractivity (Wildman–Crippen MR) is 90.3 cm³/mol. The first-order valence-corrected chi connectivity index (χ1v) is 8.12. The molecule has 2 N–H and O–H groups in total. The number of nitrogens with zero attached hydrogens (tertiary/aromatic N) is 4. The molecule has 0 bridgehead atoms. The van der Waals surface area contributed by atoms with Crippen LogP contribution in [0.2, 0.25) is 0 Å². The van der Waals surface area contributed by atoms with Gasteiger partial charge in [-0.1, -0.05) is 0 Å². The highest BCUT2D eigenvalue weighted by molar-refractivity contribution is 5.95. The van der Waals surface area contributed by atoms with Crippen LogP contribution < -0.4 is 5.73 Å². The molecule has 0 spiro atoms. The molecule has 0 aliphatic carbocycles. The minimum Gasteiger partial charge on any atom is -0.462 e. The number of aromatic nitrogens is 4. The van der Waals surface area contributed by atoms with Gasteiger partial charge >= 0.3 is 11.9 Å². The lowest BCUT2D eigenvalue weighted by Crippen LogP contribution is -2.32. The Morgan fingerprint density at radius 2 is 1.72 bits per heavy atom. The van der Waals surface area contributed by atoms with Crippen LogP contribution in [0.4, 0.5) is 5.95 Å². The number of fused-ring (bicyclic) bond motifs is 1. The number of nitrogens with two attached hydrogens (primary N) is 1. The summed E-state index contributed by atoms with van der Waals surface area (Å²) >= 11 is 0. The van der Waals surface area contributed by atoms with E-state index in [9.17, 15) is 9.59 Å². The summed E-state index contributed by atoms with van der Waals surface area (Å²) in [5.41, 5.74) is 6.73. The highest BCUT2D eigenvalue weighted by atomic mass is 16.6. The van der Waals surface area contributed by atoms with Crippen LogP contribution in [0.3, 0.4) is 0 Å². The van der Waals surface area contributed by atoms with Crippen LogP contribution in [0.25, 0.3) is 11.2 Å². The Labute approximate surface area is 145 Å². The molecule has 0 fully saturated rings. The lowest BCUT2D eigenvalue weighted by Gasteiger charge is -2.18. The van der Waals surface area contributed by atoms with Gasteiger partial charge in [-0.2, -0.15) is 4.98 Å². The van der Waals surface area contributed by atoms with Crippen molar-refractivity contribution >= 4 is 29.1 Å². The lowest BCUT2D eigenvalue weighted by atomic mass is 10.1. The number of hydrogen-bond acceptors (Lipinski definition) is 8. The Morgan fingerprint density at radius 1 is 1.12 bits per heavy atom. The third kappa shape index (κ3) is 4.88. The Hall–Kier alpha value is -2.71. The predicted octanol–water partition coefficient (Wildman–Crippen LogP) is 1.32. The van der Waals surface area contributed by atoms with Crippen LogP contribution in [-0.4, -0.2) is 43.7 Å². The quantitative estimate of drug-likeness (QED) is 0.586. The molecule has 0 aromatic carbocycles. The minimum absolute atomic E-state index is 0.129. The third-order valence-electron chi connectivity index (χ3n) is 3.31. The van der Waals surface area contributed by atoms with E-state index in [2.05, 4.69) is 15.0 Å². The molecule has 25 heavy (non-hydrogen) atoms. The van der Waals surface area contributed by atoms with Crippen molar-refractivity contribution in [3.8, 4) is 0 Å². The zero-order valence-electron chi connectivity index (χ0n) is 14.8. The summed E-state index contributed by atoms with van der Waals surface area (Å²) in [6, 6.07) is 0. The summed E-state index contributed by atoms with van der Waals surface area (Å²) in [7, 11) is 0. The van der Waals surface area contributed by atoms with Crippen molar-refractivity contribution < 1.29 is 19.1 Å². The molecule has 0 saturated heterocycles. The molecule has 0 aliphatic heterocycles. The van der Waals surface area contributed by atoms with E-state index in [1.807, 2.05) is 0 Å².